The molecule has 18 heavy (non-hydrogen) atoms. The molecule has 1 aromatic rings. The van der Waals surface area contributed by atoms with Crippen LogP contribution in [0.15, 0.2) is 18.2 Å². The molecule has 98 valence electrons. The number of hydrogen-bond donors (Lipinski definition) is 3. The number of aliphatic carboxylic acids is 1. The molecule has 5 nitrogen and oxygen atoms in total. The minimum atomic E-state index is -0.862. The van der Waals surface area contributed by atoms with E-state index < -0.39 is 11.3 Å². The quantitative estimate of drug-likeness (QED) is 0.770. The first-order valence-corrected chi connectivity index (χ1v) is 6.73. The average Bonchev–Trinajstić information content (AvgIpc) is 2.79. The Hall–Kier alpha value is -1.40. The van der Waals surface area contributed by atoms with E-state index in [4.69, 9.17) is 9.84 Å². The van der Waals surface area contributed by atoms with Gasteiger partial charge in [-0.05, 0) is 13.0 Å². The molecule has 0 aliphatic carbocycles. The predicted octanol–water partition coefficient (Wildman–Crippen LogP) is 1.58. The van der Waals surface area contributed by atoms with E-state index in [-0.39, 0.29) is 11.8 Å². The fourth-order valence-electron chi connectivity index (χ4n) is 1.88. The number of phenolic OH excluding ortho intramolecular Hbond substituents is 1. The third-order valence-electron chi connectivity index (χ3n) is 2.68. The first kappa shape index (κ1) is 13.0. The summed E-state index contributed by atoms with van der Waals surface area (Å²) in [5, 5.41) is 20.8. The molecule has 0 aromatic heterocycles. The van der Waals surface area contributed by atoms with E-state index >= 15 is 0 Å². The van der Waals surface area contributed by atoms with Gasteiger partial charge in [0.2, 0.25) is 0 Å². The van der Waals surface area contributed by atoms with E-state index in [9.17, 15) is 9.90 Å². The summed E-state index contributed by atoms with van der Waals surface area (Å²) in [7, 11) is 0. The van der Waals surface area contributed by atoms with Crippen molar-refractivity contribution in [2.24, 2.45) is 0 Å². The van der Waals surface area contributed by atoms with Crippen LogP contribution in [0.1, 0.15) is 18.5 Å². The maximum atomic E-state index is 10.9. The Labute approximate surface area is 109 Å². The van der Waals surface area contributed by atoms with Gasteiger partial charge < -0.3 is 14.9 Å². The largest absolute Gasteiger partial charge is 0.508 e. The average molecular weight is 269 g/mol. The number of thioether (sulfide) groups is 1. The predicted molar refractivity (Wildman–Crippen MR) is 69.0 cm³/mol. The summed E-state index contributed by atoms with van der Waals surface area (Å²) < 4.78 is 5.47. The molecule has 6 heteroatoms. The van der Waals surface area contributed by atoms with Gasteiger partial charge in [0.25, 0.3) is 0 Å². The third kappa shape index (κ3) is 2.70. The van der Waals surface area contributed by atoms with Crippen LogP contribution in [0.3, 0.4) is 0 Å². The lowest BCUT2D eigenvalue weighted by atomic mass is 10.1. The summed E-state index contributed by atoms with van der Waals surface area (Å²) >= 11 is 1.36. The fraction of sp³-hybridized carbons (Fsp3) is 0.417. The minimum Gasteiger partial charge on any atom is -0.508 e. The molecule has 1 aromatic carbocycles. The lowest BCUT2D eigenvalue weighted by molar-refractivity contribution is -0.137. The highest BCUT2D eigenvalue weighted by Crippen LogP contribution is 2.35. The number of carboxylic acid groups (broad SMARTS) is 1. The highest BCUT2D eigenvalue weighted by atomic mass is 32.2. The van der Waals surface area contributed by atoms with Crippen LogP contribution in [0.4, 0.5) is 0 Å². The van der Waals surface area contributed by atoms with Gasteiger partial charge in [-0.15, -0.1) is 11.8 Å². The molecule has 3 N–H and O–H groups in total. The molecule has 0 amide bonds. The van der Waals surface area contributed by atoms with Crippen LogP contribution in [-0.2, 0) is 4.79 Å². The molecule has 0 radical (unpaired) electrons. The molecule has 0 bridgehead atoms. The van der Waals surface area contributed by atoms with Gasteiger partial charge in [-0.25, -0.2) is 4.79 Å². The topological polar surface area (TPSA) is 78.8 Å². The Bertz CT molecular complexity index is 452. The second-order valence-corrected chi connectivity index (χ2v) is 5.06. The van der Waals surface area contributed by atoms with Crippen molar-refractivity contribution in [1.29, 1.82) is 0 Å². The summed E-state index contributed by atoms with van der Waals surface area (Å²) in [6.07, 6.45) is 0. The van der Waals surface area contributed by atoms with Crippen molar-refractivity contribution in [2.75, 3.05) is 12.4 Å². The fourth-order valence-corrected chi connectivity index (χ4v) is 2.95. The lowest BCUT2D eigenvalue weighted by Crippen LogP contribution is -2.30. The van der Waals surface area contributed by atoms with Crippen molar-refractivity contribution in [3.63, 3.8) is 0 Å². The van der Waals surface area contributed by atoms with E-state index in [2.05, 4.69) is 5.32 Å². The smallest absolute Gasteiger partial charge is 0.331 e. The molecule has 1 fully saturated rings. The zero-order valence-corrected chi connectivity index (χ0v) is 10.7. The monoisotopic (exact) mass is 269 g/mol. The SMILES string of the molecule is CCOc1cc(O)ccc1[C@@H]1CS[C@@H](C(=O)O)N1. The Kier molecular flexibility index (Phi) is 3.98. The van der Waals surface area contributed by atoms with Crippen LogP contribution < -0.4 is 10.1 Å². The first-order valence-electron chi connectivity index (χ1n) is 5.68. The van der Waals surface area contributed by atoms with E-state index in [0.717, 1.165) is 5.56 Å². The Balaban J connectivity index is 2.20. The molecule has 1 aliphatic rings. The maximum Gasteiger partial charge on any atom is 0.331 e. The summed E-state index contributed by atoms with van der Waals surface area (Å²) in [5.74, 6) is 0.547. The van der Waals surface area contributed by atoms with Gasteiger partial charge in [-0.3, -0.25) is 5.32 Å². The number of carbonyl (C=O) groups is 1. The highest BCUT2D eigenvalue weighted by Gasteiger charge is 2.31. The van der Waals surface area contributed by atoms with Crippen LogP contribution in [0, 0.1) is 0 Å². The molecular weight excluding hydrogens is 254 g/mol. The van der Waals surface area contributed by atoms with Gasteiger partial charge in [-0.2, -0.15) is 0 Å². The summed E-state index contributed by atoms with van der Waals surface area (Å²) in [4.78, 5) is 10.9. The first-order chi connectivity index (χ1) is 8.61. The van der Waals surface area contributed by atoms with Crippen LogP contribution >= 0.6 is 11.8 Å². The van der Waals surface area contributed by atoms with Crippen molar-refractivity contribution in [1.82, 2.24) is 5.32 Å². The molecule has 0 spiro atoms. The van der Waals surface area contributed by atoms with Gasteiger partial charge in [-0.1, -0.05) is 6.07 Å². The number of rotatable bonds is 4. The van der Waals surface area contributed by atoms with Gasteiger partial charge in [0, 0.05) is 23.4 Å². The van der Waals surface area contributed by atoms with Crippen molar-refractivity contribution < 1.29 is 19.7 Å². The second kappa shape index (κ2) is 5.49. The van der Waals surface area contributed by atoms with E-state index in [0.29, 0.717) is 18.1 Å². The van der Waals surface area contributed by atoms with E-state index in [1.165, 1.54) is 11.8 Å². The molecule has 0 saturated carbocycles. The number of phenols is 1. The van der Waals surface area contributed by atoms with Gasteiger partial charge in [0.15, 0.2) is 5.37 Å². The number of aromatic hydroxyl groups is 1. The van der Waals surface area contributed by atoms with Gasteiger partial charge in [0.1, 0.15) is 11.5 Å². The molecule has 1 heterocycles. The second-order valence-electron chi connectivity index (χ2n) is 3.93. The number of ether oxygens (including phenoxy) is 1. The van der Waals surface area contributed by atoms with Crippen molar-refractivity contribution in [2.45, 2.75) is 18.3 Å². The maximum absolute atomic E-state index is 10.9. The highest BCUT2D eigenvalue weighted by molar-refractivity contribution is 8.00. The minimum absolute atomic E-state index is 0.0711. The lowest BCUT2D eigenvalue weighted by Gasteiger charge is -2.16. The normalized spacial score (nSPS) is 22.9. The Morgan fingerprint density at radius 2 is 2.39 bits per heavy atom. The molecular formula is C12H15NO4S. The van der Waals surface area contributed by atoms with Crippen LogP contribution in [0.2, 0.25) is 0 Å². The molecule has 1 aliphatic heterocycles. The third-order valence-corrected chi connectivity index (χ3v) is 3.88. The van der Waals surface area contributed by atoms with Crippen LogP contribution in [-0.4, -0.2) is 33.9 Å². The van der Waals surface area contributed by atoms with Gasteiger partial charge in [0.05, 0.1) is 6.61 Å². The van der Waals surface area contributed by atoms with Crippen LogP contribution in [0.5, 0.6) is 11.5 Å². The zero-order chi connectivity index (χ0) is 13.1. The van der Waals surface area contributed by atoms with Crippen molar-refractivity contribution in [3.8, 4) is 11.5 Å². The Morgan fingerprint density at radius 3 is 3.00 bits per heavy atom. The summed E-state index contributed by atoms with van der Waals surface area (Å²) in [5.41, 5.74) is 0.880. The van der Waals surface area contributed by atoms with Crippen LogP contribution in [0.25, 0.3) is 0 Å². The standard InChI is InChI=1S/C12H15NO4S/c1-2-17-10-5-7(14)3-4-8(10)9-6-18-11(13-9)12(15)16/h3-5,9,11,13-14H,2,6H2,1H3,(H,15,16)/t9-,11-/m0/s1. The zero-order valence-electron chi connectivity index (χ0n) is 9.92. The summed E-state index contributed by atoms with van der Waals surface area (Å²) in [6.45, 7) is 2.36. The number of benzene rings is 1. The number of hydrogen-bond acceptors (Lipinski definition) is 5. The molecule has 0 unspecified atom stereocenters. The molecule has 2 rings (SSSR count). The summed E-state index contributed by atoms with van der Waals surface area (Å²) in [6, 6.07) is 4.83. The van der Waals surface area contributed by atoms with E-state index in [1.54, 1.807) is 18.2 Å². The van der Waals surface area contributed by atoms with Crippen molar-refractivity contribution in [3.05, 3.63) is 23.8 Å². The molecule has 2 atom stereocenters. The van der Waals surface area contributed by atoms with E-state index in [1.807, 2.05) is 6.92 Å². The number of carboxylic acids is 1. The molecule has 1 saturated heterocycles. The number of nitrogens with one attached hydrogen (secondary N) is 1. The van der Waals surface area contributed by atoms with Crippen molar-refractivity contribution >= 4 is 17.7 Å². The Morgan fingerprint density at radius 1 is 1.61 bits per heavy atom. The van der Waals surface area contributed by atoms with Gasteiger partial charge >= 0.3 is 5.97 Å².